The van der Waals surface area contributed by atoms with Gasteiger partial charge < -0.3 is 4.74 Å². The van der Waals surface area contributed by atoms with Gasteiger partial charge in [0.2, 0.25) is 0 Å². The van der Waals surface area contributed by atoms with E-state index < -0.39 is 0 Å². The Kier molecular flexibility index (Phi) is 4.97. The zero-order chi connectivity index (χ0) is 16.9. The average molecular weight is 337 g/mol. The van der Waals surface area contributed by atoms with Gasteiger partial charge in [-0.15, -0.1) is 0 Å². The van der Waals surface area contributed by atoms with Crippen molar-refractivity contribution < 1.29 is 9.53 Å². The van der Waals surface area contributed by atoms with Crippen LogP contribution in [0.3, 0.4) is 0 Å². The van der Waals surface area contributed by atoms with Gasteiger partial charge >= 0.3 is 0 Å². The van der Waals surface area contributed by atoms with Crippen molar-refractivity contribution in [3.63, 3.8) is 0 Å². The van der Waals surface area contributed by atoms with Crippen LogP contribution in [0.4, 0.5) is 0 Å². The molecule has 0 bridgehead atoms. The Bertz CT molecular complexity index is 857. The lowest BCUT2D eigenvalue weighted by atomic mass is 9.96. The van der Waals surface area contributed by atoms with E-state index in [4.69, 9.17) is 16.3 Å². The summed E-state index contributed by atoms with van der Waals surface area (Å²) in [4.78, 5) is 11.4. The zero-order valence-electron chi connectivity index (χ0n) is 13.3. The summed E-state index contributed by atoms with van der Waals surface area (Å²) in [6.07, 6.45) is 0.865. The van der Waals surface area contributed by atoms with Gasteiger partial charge in [0.15, 0.2) is 6.29 Å². The van der Waals surface area contributed by atoms with E-state index in [-0.39, 0.29) is 0 Å². The summed E-state index contributed by atoms with van der Waals surface area (Å²) in [6, 6.07) is 21.1. The summed E-state index contributed by atoms with van der Waals surface area (Å²) in [5.74, 6) is 0.730. The van der Waals surface area contributed by atoms with Crippen LogP contribution < -0.4 is 4.74 Å². The van der Waals surface area contributed by atoms with Gasteiger partial charge in [-0.2, -0.15) is 0 Å². The molecule has 3 rings (SSSR count). The van der Waals surface area contributed by atoms with Gasteiger partial charge in [-0.3, -0.25) is 4.79 Å². The third-order valence-corrected chi connectivity index (χ3v) is 4.11. The topological polar surface area (TPSA) is 26.3 Å². The molecular weight excluding hydrogens is 320 g/mol. The number of ether oxygens (including phenoxy) is 1. The molecule has 0 aliphatic heterocycles. The van der Waals surface area contributed by atoms with Crippen LogP contribution in [0.2, 0.25) is 5.02 Å². The molecule has 2 nitrogen and oxygen atoms in total. The SMILES string of the molecule is Cc1cc(Cl)ccc1-c1cc(OCc2ccccc2)ccc1C=O. The molecule has 3 aromatic carbocycles. The van der Waals surface area contributed by atoms with Crippen LogP contribution in [0.25, 0.3) is 11.1 Å². The summed E-state index contributed by atoms with van der Waals surface area (Å²) in [6.45, 7) is 2.47. The monoisotopic (exact) mass is 336 g/mol. The minimum atomic E-state index is 0.486. The highest BCUT2D eigenvalue weighted by molar-refractivity contribution is 6.30. The van der Waals surface area contributed by atoms with Crippen molar-refractivity contribution in [1.29, 1.82) is 0 Å². The molecule has 0 N–H and O–H groups in total. The van der Waals surface area contributed by atoms with Gasteiger partial charge in [-0.1, -0.05) is 48.0 Å². The lowest BCUT2D eigenvalue weighted by molar-refractivity contribution is 0.112. The number of benzene rings is 3. The number of halogens is 1. The van der Waals surface area contributed by atoms with Gasteiger partial charge in [0.25, 0.3) is 0 Å². The van der Waals surface area contributed by atoms with Crippen LogP contribution in [0.1, 0.15) is 21.5 Å². The Hall–Kier alpha value is -2.58. The second-order valence-corrected chi connectivity index (χ2v) is 6.04. The third-order valence-electron chi connectivity index (χ3n) is 3.88. The van der Waals surface area contributed by atoms with E-state index in [9.17, 15) is 4.79 Å². The van der Waals surface area contributed by atoms with Crippen LogP contribution in [0.5, 0.6) is 5.75 Å². The minimum absolute atomic E-state index is 0.486. The molecule has 0 aliphatic rings. The maximum atomic E-state index is 11.4. The molecule has 0 unspecified atom stereocenters. The standard InChI is InChI=1S/C21H17ClO2/c1-15-11-18(22)8-10-20(15)21-12-19(9-7-17(21)13-23)24-14-16-5-3-2-4-6-16/h2-13H,14H2,1H3. The number of carbonyl (C=O) groups excluding carboxylic acids is 1. The van der Waals surface area contributed by atoms with E-state index >= 15 is 0 Å². The molecule has 0 aliphatic carbocycles. The molecule has 0 radical (unpaired) electrons. The molecule has 0 atom stereocenters. The third kappa shape index (κ3) is 3.66. The number of rotatable bonds is 5. The second-order valence-electron chi connectivity index (χ2n) is 5.60. The minimum Gasteiger partial charge on any atom is -0.489 e. The van der Waals surface area contributed by atoms with Crippen LogP contribution >= 0.6 is 11.6 Å². The smallest absolute Gasteiger partial charge is 0.150 e. The fraction of sp³-hybridized carbons (Fsp3) is 0.0952. The van der Waals surface area contributed by atoms with Gasteiger partial charge in [0.05, 0.1) is 0 Å². The maximum absolute atomic E-state index is 11.4. The quantitative estimate of drug-likeness (QED) is 0.558. The molecule has 120 valence electrons. The molecule has 0 fully saturated rings. The lowest BCUT2D eigenvalue weighted by Gasteiger charge is -2.12. The van der Waals surface area contributed by atoms with E-state index in [0.717, 1.165) is 34.3 Å². The Labute approximate surface area is 146 Å². The summed E-state index contributed by atoms with van der Waals surface area (Å²) >= 11 is 6.03. The lowest BCUT2D eigenvalue weighted by Crippen LogP contribution is -1.97. The first-order valence-corrected chi connectivity index (χ1v) is 8.07. The van der Waals surface area contributed by atoms with Crippen molar-refractivity contribution in [3.8, 4) is 16.9 Å². The molecule has 0 heterocycles. The number of carbonyl (C=O) groups is 1. The van der Waals surface area contributed by atoms with E-state index in [0.29, 0.717) is 17.2 Å². The number of aldehydes is 1. The molecule has 0 aromatic heterocycles. The predicted molar refractivity (Wildman–Crippen MR) is 97.8 cm³/mol. The molecule has 0 saturated carbocycles. The van der Waals surface area contributed by atoms with Crippen molar-refractivity contribution in [2.75, 3.05) is 0 Å². The van der Waals surface area contributed by atoms with E-state index in [2.05, 4.69) is 0 Å². The van der Waals surface area contributed by atoms with Gasteiger partial charge in [-0.05, 0) is 59.5 Å². The average Bonchev–Trinajstić information content (AvgIpc) is 2.61. The number of hydrogen-bond donors (Lipinski definition) is 0. The molecule has 0 amide bonds. The number of aryl methyl sites for hydroxylation is 1. The first-order chi connectivity index (χ1) is 11.7. The molecular formula is C21H17ClO2. The van der Waals surface area contributed by atoms with Crippen LogP contribution in [-0.2, 0) is 6.61 Å². The van der Waals surface area contributed by atoms with Crippen LogP contribution in [0, 0.1) is 6.92 Å². The van der Waals surface area contributed by atoms with Crippen LogP contribution in [0.15, 0.2) is 66.7 Å². The first-order valence-electron chi connectivity index (χ1n) is 7.70. The highest BCUT2D eigenvalue weighted by Gasteiger charge is 2.10. The Balaban J connectivity index is 1.92. The maximum Gasteiger partial charge on any atom is 0.150 e. The fourth-order valence-electron chi connectivity index (χ4n) is 2.63. The normalized spacial score (nSPS) is 10.4. The Morgan fingerprint density at radius 1 is 0.958 bits per heavy atom. The highest BCUT2D eigenvalue weighted by atomic mass is 35.5. The Morgan fingerprint density at radius 2 is 1.75 bits per heavy atom. The number of hydrogen-bond acceptors (Lipinski definition) is 2. The van der Waals surface area contributed by atoms with Crippen molar-refractivity contribution in [1.82, 2.24) is 0 Å². The summed E-state index contributed by atoms with van der Waals surface area (Å²) in [5, 5.41) is 0.681. The van der Waals surface area contributed by atoms with Crippen molar-refractivity contribution in [3.05, 3.63) is 88.4 Å². The van der Waals surface area contributed by atoms with Gasteiger partial charge in [0.1, 0.15) is 12.4 Å². The first kappa shape index (κ1) is 16.3. The van der Waals surface area contributed by atoms with Gasteiger partial charge in [-0.25, -0.2) is 0 Å². The van der Waals surface area contributed by atoms with Crippen molar-refractivity contribution in [2.24, 2.45) is 0 Å². The van der Waals surface area contributed by atoms with E-state index in [1.807, 2.05) is 67.6 Å². The fourth-order valence-corrected chi connectivity index (χ4v) is 2.86. The summed E-state index contributed by atoms with van der Waals surface area (Å²) in [5.41, 5.74) is 4.58. The molecule has 3 heteroatoms. The predicted octanol–water partition coefficient (Wildman–Crippen LogP) is 5.71. The summed E-state index contributed by atoms with van der Waals surface area (Å²) < 4.78 is 5.88. The van der Waals surface area contributed by atoms with Crippen molar-refractivity contribution in [2.45, 2.75) is 13.5 Å². The molecule has 0 spiro atoms. The molecule has 3 aromatic rings. The molecule has 24 heavy (non-hydrogen) atoms. The highest BCUT2D eigenvalue weighted by Crippen LogP contribution is 2.31. The zero-order valence-corrected chi connectivity index (χ0v) is 14.1. The van der Waals surface area contributed by atoms with E-state index in [1.54, 1.807) is 6.07 Å². The molecule has 0 saturated heterocycles. The van der Waals surface area contributed by atoms with Gasteiger partial charge in [0, 0.05) is 10.6 Å². The second kappa shape index (κ2) is 7.33. The summed E-state index contributed by atoms with van der Waals surface area (Å²) in [7, 11) is 0. The largest absolute Gasteiger partial charge is 0.489 e. The van der Waals surface area contributed by atoms with E-state index in [1.165, 1.54) is 0 Å². The Morgan fingerprint density at radius 3 is 2.46 bits per heavy atom. The van der Waals surface area contributed by atoms with Crippen LogP contribution in [-0.4, -0.2) is 6.29 Å². The van der Waals surface area contributed by atoms with Crippen molar-refractivity contribution >= 4 is 17.9 Å².